The van der Waals surface area contributed by atoms with Gasteiger partial charge in [0.05, 0.1) is 6.04 Å². The number of amidine groups is 1. The van der Waals surface area contributed by atoms with Crippen molar-refractivity contribution in [2.75, 3.05) is 5.32 Å². The summed E-state index contributed by atoms with van der Waals surface area (Å²) >= 11 is 5.86. The highest BCUT2D eigenvalue weighted by atomic mass is 35.5. The van der Waals surface area contributed by atoms with Gasteiger partial charge in [-0.3, -0.25) is 0 Å². The third-order valence-corrected chi connectivity index (χ3v) is 2.37. The number of hydrogen-bond donors (Lipinski definition) is 3. The molecule has 0 amide bonds. The Kier molecular flexibility index (Phi) is 3.80. The Hall–Kier alpha value is -1.42. The van der Waals surface area contributed by atoms with Crippen LogP contribution >= 0.6 is 11.6 Å². The Morgan fingerprint density at radius 3 is 2.87 bits per heavy atom. The predicted octanol–water partition coefficient (Wildman–Crippen LogP) is 2.20. The van der Waals surface area contributed by atoms with Crippen LogP contribution in [0, 0.1) is 6.92 Å². The summed E-state index contributed by atoms with van der Waals surface area (Å²) in [7, 11) is 0. The summed E-state index contributed by atoms with van der Waals surface area (Å²) in [6.07, 6.45) is 0. The average molecular weight is 228 g/mol. The number of halogens is 1. The molecular weight excluding hydrogens is 214 g/mol. The number of aryl methyl sites for hydroxylation is 1. The van der Waals surface area contributed by atoms with E-state index >= 15 is 0 Å². The lowest BCUT2D eigenvalue weighted by Crippen LogP contribution is -2.33. The molecule has 0 saturated heterocycles. The third kappa shape index (κ3) is 3.02. The van der Waals surface area contributed by atoms with Gasteiger partial charge in [0, 0.05) is 10.7 Å². The molecule has 4 N–H and O–H groups in total. The van der Waals surface area contributed by atoms with Gasteiger partial charge in [-0.1, -0.05) is 22.8 Å². The van der Waals surface area contributed by atoms with Crippen molar-refractivity contribution >= 4 is 23.1 Å². The number of benzene rings is 1. The average Bonchev–Trinajstić information content (AvgIpc) is 2.22. The molecule has 5 heteroatoms. The number of hydrogen-bond acceptors (Lipinski definition) is 3. The van der Waals surface area contributed by atoms with E-state index in [9.17, 15) is 0 Å². The van der Waals surface area contributed by atoms with Crippen molar-refractivity contribution in [2.24, 2.45) is 10.9 Å². The van der Waals surface area contributed by atoms with Crippen molar-refractivity contribution in [2.45, 2.75) is 19.9 Å². The number of anilines is 1. The molecule has 0 bridgehead atoms. The summed E-state index contributed by atoms with van der Waals surface area (Å²) in [5.41, 5.74) is 7.39. The second kappa shape index (κ2) is 4.89. The van der Waals surface area contributed by atoms with Crippen LogP contribution in [0.25, 0.3) is 0 Å². The highest BCUT2D eigenvalue weighted by molar-refractivity contribution is 6.30. The van der Waals surface area contributed by atoms with Crippen LogP contribution in [-0.2, 0) is 0 Å². The molecule has 1 aromatic carbocycles. The Morgan fingerprint density at radius 2 is 2.27 bits per heavy atom. The predicted molar refractivity (Wildman–Crippen MR) is 62.7 cm³/mol. The number of nitrogens with one attached hydrogen (secondary N) is 1. The first-order valence-corrected chi connectivity index (χ1v) is 4.92. The van der Waals surface area contributed by atoms with Crippen LogP contribution in [0.1, 0.15) is 12.5 Å². The summed E-state index contributed by atoms with van der Waals surface area (Å²) in [6.45, 7) is 3.76. The number of rotatable bonds is 3. The first kappa shape index (κ1) is 11.7. The van der Waals surface area contributed by atoms with Crippen molar-refractivity contribution in [1.29, 1.82) is 0 Å². The van der Waals surface area contributed by atoms with Crippen LogP contribution in [-0.4, -0.2) is 17.1 Å². The van der Waals surface area contributed by atoms with E-state index in [0.29, 0.717) is 5.02 Å². The second-order valence-electron chi connectivity index (χ2n) is 3.35. The van der Waals surface area contributed by atoms with Gasteiger partial charge in [0.15, 0.2) is 5.84 Å². The zero-order valence-corrected chi connectivity index (χ0v) is 9.42. The van der Waals surface area contributed by atoms with E-state index in [1.807, 2.05) is 19.1 Å². The molecule has 0 fully saturated rings. The molecule has 0 heterocycles. The molecule has 0 spiro atoms. The highest BCUT2D eigenvalue weighted by Crippen LogP contribution is 2.20. The van der Waals surface area contributed by atoms with Gasteiger partial charge in [0.1, 0.15) is 0 Å². The highest BCUT2D eigenvalue weighted by Gasteiger charge is 2.08. The summed E-state index contributed by atoms with van der Waals surface area (Å²) in [6, 6.07) is 5.28. The standard InChI is InChI=1S/C10H14ClN3O/c1-6-3-4-8(11)5-9(6)13-7(2)10(12)14-15/h3-5,7,13,15H,1-2H3,(H2,12,14). The maximum absolute atomic E-state index is 8.50. The molecule has 1 aromatic rings. The molecule has 0 aliphatic rings. The molecule has 0 saturated carbocycles. The summed E-state index contributed by atoms with van der Waals surface area (Å²) in [5, 5.41) is 15.2. The van der Waals surface area contributed by atoms with Gasteiger partial charge in [0.25, 0.3) is 0 Å². The molecule has 0 radical (unpaired) electrons. The quantitative estimate of drug-likeness (QED) is 0.321. The minimum Gasteiger partial charge on any atom is -0.409 e. The molecule has 0 aromatic heterocycles. The zero-order valence-electron chi connectivity index (χ0n) is 8.66. The number of nitrogens with zero attached hydrogens (tertiary/aromatic N) is 1. The van der Waals surface area contributed by atoms with Gasteiger partial charge in [-0.15, -0.1) is 0 Å². The van der Waals surface area contributed by atoms with Gasteiger partial charge in [-0.2, -0.15) is 0 Å². The Morgan fingerprint density at radius 1 is 1.60 bits per heavy atom. The van der Waals surface area contributed by atoms with Crippen molar-refractivity contribution in [3.63, 3.8) is 0 Å². The fourth-order valence-corrected chi connectivity index (χ4v) is 1.32. The van der Waals surface area contributed by atoms with Gasteiger partial charge in [-0.05, 0) is 31.5 Å². The van der Waals surface area contributed by atoms with E-state index in [0.717, 1.165) is 11.3 Å². The third-order valence-electron chi connectivity index (χ3n) is 2.13. The van der Waals surface area contributed by atoms with Gasteiger partial charge >= 0.3 is 0 Å². The van der Waals surface area contributed by atoms with Crippen LogP contribution < -0.4 is 11.1 Å². The first-order chi connectivity index (χ1) is 7.04. The second-order valence-corrected chi connectivity index (χ2v) is 3.79. The Balaban J connectivity index is 2.85. The van der Waals surface area contributed by atoms with Crippen LogP contribution in [0.4, 0.5) is 5.69 Å². The SMILES string of the molecule is Cc1ccc(Cl)cc1NC(C)C(N)=NO. The van der Waals surface area contributed by atoms with E-state index < -0.39 is 0 Å². The van der Waals surface area contributed by atoms with Crippen LogP contribution in [0.2, 0.25) is 5.02 Å². The smallest absolute Gasteiger partial charge is 0.161 e. The van der Waals surface area contributed by atoms with Crippen molar-refractivity contribution in [1.82, 2.24) is 0 Å². The number of oxime groups is 1. The summed E-state index contributed by atoms with van der Waals surface area (Å²) in [5.74, 6) is 0.134. The molecule has 4 nitrogen and oxygen atoms in total. The van der Waals surface area contributed by atoms with E-state index in [4.69, 9.17) is 22.5 Å². The van der Waals surface area contributed by atoms with Crippen LogP contribution in [0.5, 0.6) is 0 Å². The van der Waals surface area contributed by atoms with E-state index in [2.05, 4.69) is 10.5 Å². The van der Waals surface area contributed by atoms with Gasteiger partial charge in [0.2, 0.25) is 0 Å². The molecule has 1 rings (SSSR count). The van der Waals surface area contributed by atoms with Crippen molar-refractivity contribution < 1.29 is 5.21 Å². The normalized spacial score (nSPS) is 13.7. The molecule has 15 heavy (non-hydrogen) atoms. The zero-order chi connectivity index (χ0) is 11.4. The van der Waals surface area contributed by atoms with Gasteiger partial charge in [-0.25, -0.2) is 0 Å². The van der Waals surface area contributed by atoms with Crippen LogP contribution in [0.15, 0.2) is 23.4 Å². The van der Waals surface area contributed by atoms with E-state index in [-0.39, 0.29) is 11.9 Å². The van der Waals surface area contributed by atoms with Crippen molar-refractivity contribution in [3.05, 3.63) is 28.8 Å². The van der Waals surface area contributed by atoms with Gasteiger partial charge < -0.3 is 16.3 Å². The fourth-order valence-electron chi connectivity index (χ4n) is 1.14. The summed E-state index contributed by atoms with van der Waals surface area (Å²) in [4.78, 5) is 0. The molecule has 0 aliphatic carbocycles. The fraction of sp³-hybridized carbons (Fsp3) is 0.300. The summed E-state index contributed by atoms with van der Waals surface area (Å²) < 4.78 is 0. The van der Waals surface area contributed by atoms with Crippen LogP contribution in [0.3, 0.4) is 0 Å². The largest absolute Gasteiger partial charge is 0.409 e. The van der Waals surface area contributed by atoms with E-state index in [1.54, 1.807) is 13.0 Å². The Bertz CT molecular complexity index is 379. The molecule has 82 valence electrons. The molecule has 0 aliphatic heterocycles. The lowest BCUT2D eigenvalue weighted by Gasteiger charge is -2.15. The molecule has 1 atom stereocenters. The first-order valence-electron chi connectivity index (χ1n) is 4.54. The molecule has 1 unspecified atom stereocenters. The Labute approximate surface area is 93.7 Å². The molecular formula is C10H14ClN3O. The maximum Gasteiger partial charge on any atom is 0.161 e. The maximum atomic E-state index is 8.50. The monoisotopic (exact) mass is 227 g/mol. The lowest BCUT2D eigenvalue weighted by atomic mass is 10.2. The van der Waals surface area contributed by atoms with E-state index in [1.165, 1.54) is 0 Å². The minimum atomic E-state index is -0.243. The number of nitrogens with two attached hydrogens (primary N) is 1. The minimum absolute atomic E-state index is 0.134. The topological polar surface area (TPSA) is 70.6 Å². The van der Waals surface area contributed by atoms with Crippen molar-refractivity contribution in [3.8, 4) is 0 Å². The lowest BCUT2D eigenvalue weighted by molar-refractivity contribution is 0.316.